The summed E-state index contributed by atoms with van der Waals surface area (Å²) in [5, 5.41) is 0. The SMILES string of the molecule is NC(c1ccccc1OC(F)(F)F)C1CCCCCC1. The van der Waals surface area contributed by atoms with Gasteiger partial charge in [0, 0.05) is 11.6 Å². The standard InChI is InChI=1S/C15H20F3NO/c16-15(17,18)20-13-10-6-5-9-12(13)14(19)11-7-3-1-2-4-8-11/h5-6,9-11,14H,1-4,7-8,19H2. The Morgan fingerprint density at radius 3 is 2.25 bits per heavy atom. The van der Waals surface area contributed by atoms with Crippen LogP contribution in [0.25, 0.3) is 0 Å². The number of ether oxygens (including phenoxy) is 1. The molecule has 0 spiro atoms. The molecule has 0 radical (unpaired) electrons. The van der Waals surface area contributed by atoms with Gasteiger partial charge in [0.15, 0.2) is 0 Å². The van der Waals surface area contributed by atoms with Gasteiger partial charge < -0.3 is 10.5 Å². The van der Waals surface area contributed by atoms with Crippen LogP contribution < -0.4 is 10.5 Å². The summed E-state index contributed by atoms with van der Waals surface area (Å²) in [6.07, 6.45) is 1.83. The molecule has 1 unspecified atom stereocenters. The molecule has 0 aromatic heterocycles. The highest BCUT2D eigenvalue weighted by molar-refractivity contribution is 5.36. The molecule has 1 aromatic carbocycles. The van der Waals surface area contributed by atoms with Crippen molar-refractivity contribution in [2.75, 3.05) is 0 Å². The molecule has 2 rings (SSSR count). The molecule has 1 aliphatic rings. The fraction of sp³-hybridized carbons (Fsp3) is 0.600. The zero-order valence-corrected chi connectivity index (χ0v) is 11.3. The van der Waals surface area contributed by atoms with Crippen molar-refractivity contribution in [1.29, 1.82) is 0 Å². The summed E-state index contributed by atoms with van der Waals surface area (Å²) < 4.78 is 41.4. The fourth-order valence-electron chi connectivity index (χ4n) is 2.90. The summed E-state index contributed by atoms with van der Waals surface area (Å²) >= 11 is 0. The summed E-state index contributed by atoms with van der Waals surface area (Å²) in [4.78, 5) is 0. The minimum atomic E-state index is -4.68. The van der Waals surface area contributed by atoms with Gasteiger partial charge in [-0.25, -0.2) is 0 Å². The molecule has 1 aromatic rings. The highest BCUT2D eigenvalue weighted by atomic mass is 19.4. The van der Waals surface area contributed by atoms with Crippen LogP contribution in [-0.2, 0) is 0 Å². The number of benzene rings is 1. The topological polar surface area (TPSA) is 35.2 Å². The third-order valence-electron chi connectivity index (χ3n) is 3.91. The van der Waals surface area contributed by atoms with E-state index in [2.05, 4.69) is 4.74 Å². The lowest BCUT2D eigenvalue weighted by Gasteiger charge is -2.25. The van der Waals surface area contributed by atoms with E-state index in [-0.39, 0.29) is 11.7 Å². The van der Waals surface area contributed by atoms with Gasteiger partial charge in [0.05, 0.1) is 0 Å². The molecule has 0 heterocycles. The molecule has 2 N–H and O–H groups in total. The van der Waals surface area contributed by atoms with Gasteiger partial charge in [-0.05, 0) is 24.8 Å². The van der Waals surface area contributed by atoms with Gasteiger partial charge in [-0.15, -0.1) is 13.2 Å². The normalized spacial score (nSPS) is 19.4. The molecule has 0 saturated heterocycles. The molecule has 2 nitrogen and oxygen atoms in total. The third-order valence-corrected chi connectivity index (χ3v) is 3.91. The summed E-state index contributed by atoms with van der Waals surface area (Å²) in [7, 11) is 0. The number of para-hydroxylation sites is 1. The van der Waals surface area contributed by atoms with Gasteiger partial charge in [-0.2, -0.15) is 0 Å². The molecular weight excluding hydrogens is 267 g/mol. The molecule has 20 heavy (non-hydrogen) atoms. The molecule has 1 atom stereocenters. The zero-order valence-electron chi connectivity index (χ0n) is 11.3. The second-order valence-electron chi connectivity index (χ2n) is 5.36. The lowest BCUT2D eigenvalue weighted by atomic mass is 9.87. The van der Waals surface area contributed by atoms with Crippen LogP contribution in [0.3, 0.4) is 0 Å². The van der Waals surface area contributed by atoms with Crippen LogP contribution in [0.5, 0.6) is 5.75 Å². The Labute approximate surface area is 117 Å². The Balaban J connectivity index is 2.18. The van der Waals surface area contributed by atoms with Crippen LogP contribution in [0.4, 0.5) is 13.2 Å². The van der Waals surface area contributed by atoms with Crippen molar-refractivity contribution in [2.45, 2.75) is 50.9 Å². The maximum atomic E-state index is 12.4. The van der Waals surface area contributed by atoms with Gasteiger partial charge in [0.2, 0.25) is 0 Å². The summed E-state index contributed by atoms with van der Waals surface area (Å²) in [6, 6.07) is 5.81. The Kier molecular flexibility index (Phi) is 4.91. The Bertz CT molecular complexity index is 425. The Morgan fingerprint density at radius 1 is 1.05 bits per heavy atom. The van der Waals surface area contributed by atoms with Gasteiger partial charge >= 0.3 is 6.36 Å². The van der Waals surface area contributed by atoms with E-state index in [1.807, 2.05) is 0 Å². The fourth-order valence-corrected chi connectivity index (χ4v) is 2.90. The van der Waals surface area contributed by atoms with Crippen LogP contribution in [0, 0.1) is 5.92 Å². The number of hydrogen-bond donors (Lipinski definition) is 1. The Hall–Kier alpha value is -1.23. The first-order valence-corrected chi connectivity index (χ1v) is 7.07. The van der Waals surface area contributed by atoms with Crippen molar-refractivity contribution in [3.63, 3.8) is 0 Å². The van der Waals surface area contributed by atoms with E-state index in [4.69, 9.17) is 5.73 Å². The monoisotopic (exact) mass is 287 g/mol. The second kappa shape index (κ2) is 6.48. The number of rotatable bonds is 3. The highest BCUT2D eigenvalue weighted by Crippen LogP contribution is 2.37. The minimum Gasteiger partial charge on any atom is -0.405 e. The molecular formula is C15H20F3NO. The molecule has 0 amide bonds. The first-order chi connectivity index (χ1) is 9.47. The van der Waals surface area contributed by atoms with Crippen molar-refractivity contribution in [3.05, 3.63) is 29.8 Å². The zero-order chi connectivity index (χ0) is 14.6. The van der Waals surface area contributed by atoms with Crippen LogP contribution >= 0.6 is 0 Å². The number of hydrogen-bond acceptors (Lipinski definition) is 2. The van der Waals surface area contributed by atoms with Gasteiger partial charge in [0.1, 0.15) is 5.75 Å². The molecule has 112 valence electrons. The minimum absolute atomic E-state index is 0.170. The summed E-state index contributed by atoms with van der Waals surface area (Å²) in [5.41, 5.74) is 6.67. The lowest BCUT2D eigenvalue weighted by molar-refractivity contribution is -0.275. The predicted molar refractivity (Wildman–Crippen MR) is 71.2 cm³/mol. The van der Waals surface area contributed by atoms with Crippen molar-refractivity contribution in [3.8, 4) is 5.75 Å². The van der Waals surface area contributed by atoms with E-state index >= 15 is 0 Å². The second-order valence-corrected chi connectivity index (χ2v) is 5.36. The quantitative estimate of drug-likeness (QED) is 0.827. The lowest BCUT2D eigenvalue weighted by Crippen LogP contribution is -2.24. The molecule has 1 fully saturated rings. The van der Waals surface area contributed by atoms with E-state index in [9.17, 15) is 13.2 Å². The largest absolute Gasteiger partial charge is 0.573 e. The smallest absolute Gasteiger partial charge is 0.405 e. The average molecular weight is 287 g/mol. The van der Waals surface area contributed by atoms with Crippen molar-refractivity contribution in [1.82, 2.24) is 0 Å². The van der Waals surface area contributed by atoms with Crippen molar-refractivity contribution >= 4 is 0 Å². The first-order valence-electron chi connectivity index (χ1n) is 7.07. The van der Waals surface area contributed by atoms with Crippen LogP contribution in [0.15, 0.2) is 24.3 Å². The van der Waals surface area contributed by atoms with Crippen LogP contribution in [0.1, 0.15) is 50.1 Å². The number of alkyl halides is 3. The van der Waals surface area contributed by atoms with Crippen molar-refractivity contribution in [2.24, 2.45) is 11.7 Å². The predicted octanol–water partition coefficient (Wildman–Crippen LogP) is 4.56. The molecule has 0 aliphatic heterocycles. The molecule has 1 saturated carbocycles. The molecule has 1 aliphatic carbocycles. The van der Waals surface area contributed by atoms with Gasteiger partial charge in [-0.3, -0.25) is 0 Å². The van der Waals surface area contributed by atoms with E-state index in [1.54, 1.807) is 12.1 Å². The summed E-state index contributed by atoms with van der Waals surface area (Å²) in [5.74, 6) is 0.0623. The molecule has 0 bridgehead atoms. The van der Waals surface area contributed by atoms with Crippen LogP contribution in [-0.4, -0.2) is 6.36 Å². The highest BCUT2D eigenvalue weighted by Gasteiger charge is 2.33. The van der Waals surface area contributed by atoms with E-state index in [1.165, 1.54) is 25.0 Å². The van der Waals surface area contributed by atoms with Crippen LogP contribution in [0.2, 0.25) is 0 Å². The summed E-state index contributed by atoms with van der Waals surface area (Å²) in [6.45, 7) is 0. The number of halogens is 3. The maximum absolute atomic E-state index is 12.4. The Morgan fingerprint density at radius 2 is 1.65 bits per heavy atom. The number of nitrogens with two attached hydrogens (primary N) is 1. The van der Waals surface area contributed by atoms with Gasteiger partial charge in [0.25, 0.3) is 0 Å². The maximum Gasteiger partial charge on any atom is 0.573 e. The van der Waals surface area contributed by atoms with E-state index in [0.29, 0.717) is 5.56 Å². The van der Waals surface area contributed by atoms with E-state index in [0.717, 1.165) is 25.7 Å². The molecule has 5 heteroatoms. The van der Waals surface area contributed by atoms with E-state index < -0.39 is 12.4 Å². The third kappa shape index (κ3) is 4.13. The average Bonchev–Trinajstić information content (AvgIpc) is 2.65. The van der Waals surface area contributed by atoms with Crippen molar-refractivity contribution < 1.29 is 17.9 Å². The van der Waals surface area contributed by atoms with Gasteiger partial charge in [-0.1, -0.05) is 43.9 Å². The first kappa shape index (κ1) is 15.2.